The van der Waals surface area contributed by atoms with Crippen LogP contribution >= 0.6 is 0 Å². The van der Waals surface area contributed by atoms with E-state index in [-0.39, 0.29) is 24.0 Å². The van der Waals surface area contributed by atoms with Crippen LogP contribution in [0, 0.1) is 0 Å². The highest BCUT2D eigenvalue weighted by molar-refractivity contribution is 5.78. The summed E-state index contributed by atoms with van der Waals surface area (Å²) in [6, 6.07) is 0.0506. The van der Waals surface area contributed by atoms with Gasteiger partial charge in [0.1, 0.15) is 0 Å². The average Bonchev–Trinajstić information content (AvgIpc) is 2.15. The van der Waals surface area contributed by atoms with Gasteiger partial charge in [0.05, 0.1) is 6.54 Å². The number of carbonyl (C=O) groups is 1. The maximum atomic E-state index is 11.7. The normalized spacial score (nSPS) is 10.3. The Morgan fingerprint density at radius 3 is 2.87 bits per heavy atom. The van der Waals surface area contributed by atoms with Crippen LogP contribution in [-0.4, -0.2) is 22.0 Å². The summed E-state index contributed by atoms with van der Waals surface area (Å²) in [4.78, 5) is 26.1. The van der Waals surface area contributed by atoms with E-state index < -0.39 is 5.91 Å². The van der Waals surface area contributed by atoms with Crippen molar-refractivity contribution in [1.82, 2.24) is 9.55 Å². The van der Waals surface area contributed by atoms with E-state index in [2.05, 4.69) is 10.3 Å². The first-order valence-electron chi connectivity index (χ1n) is 4.61. The lowest BCUT2D eigenvalue weighted by molar-refractivity contribution is -0.116. The van der Waals surface area contributed by atoms with Crippen LogP contribution < -0.4 is 16.6 Å². The van der Waals surface area contributed by atoms with E-state index in [1.807, 2.05) is 13.8 Å². The summed E-state index contributed by atoms with van der Waals surface area (Å²) in [5.74, 6) is -0.388. The van der Waals surface area contributed by atoms with Crippen molar-refractivity contribution >= 4 is 11.7 Å². The zero-order valence-electron chi connectivity index (χ0n) is 8.73. The Kier molecular flexibility index (Phi) is 3.43. The molecule has 0 aromatic carbocycles. The van der Waals surface area contributed by atoms with Crippen LogP contribution in [0.25, 0.3) is 0 Å². The maximum Gasteiger partial charge on any atom is 0.293 e. The molecule has 0 radical (unpaired) electrons. The van der Waals surface area contributed by atoms with Crippen LogP contribution in [0.5, 0.6) is 0 Å². The first-order chi connectivity index (χ1) is 7.02. The third-order valence-corrected chi connectivity index (χ3v) is 1.85. The second-order valence-electron chi connectivity index (χ2n) is 3.40. The second kappa shape index (κ2) is 4.59. The Morgan fingerprint density at radius 2 is 2.33 bits per heavy atom. The van der Waals surface area contributed by atoms with Gasteiger partial charge in [-0.3, -0.25) is 9.59 Å². The molecular formula is C9H14N4O2. The summed E-state index contributed by atoms with van der Waals surface area (Å²) in [7, 11) is 0. The van der Waals surface area contributed by atoms with Crippen LogP contribution in [-0.2, 0) is 4.79 Å². The smallest absolute Gasteiger partial charge is 0.293 e. The van der Waals surface area contributed by atoms with E-state index in [4.69, 9.17) is 5.73 Å². The highest BCUT2D eigenvalue weighted by Gasteiger charge is 2.06. The molecule has 0 spiro atoms. The third kappa shape index (κ3) is 2.80. The van der Waals surface area contributed by atoms with Crippen molar-refractivity contribution in [2.45, 2.75) is 19.9 Å². The van der Waals surface area contributed by atoms with Crippen molar-refractivity contribution in [3.05, 3.63) is 22.7 Å². The molecule has 0 bridgehead atoms. The molecule has 1 amide bonds. The Labute approximate surface area is 87.1 Å². The lowest BCUT2D eigenvalue weighted by atomic mass is 10.4. The molecule has 0 atom stereocenters. The van der Waals surface area contributed by atoms with Gasteiger partial charge in [-0.05, 0) is 13.8 Å². The van der Waals surface area contributed by atoms with Gasteiger partial charge < -0.3 is 15.6 Å². The molecule has 1 aromatic heterocycles. The molecule has 0 aliphatic heterocycles. The van der Waals surface area contributed by atoms with Gasteiger partial charge in [-0.25, -0.2) is 4.98 Å². The molecule has 1 heterocycles. The molecule has 6 nitrogen and oxygen atoms in total. The highest BCUT2D eigenvalue weighted by atomic mass is 16.1. The molecular weight excluding hydrogens is 196 g/mol. The van der Waals surface area contributed by atoms with Gasteiger partial charge in [-0.1, -0.05) is 0 Å². The van der Waals surface area contributed by atoms with Gasteiger partial charge in [0.25, 0.3) is 5.56 Å². The topological polar surface area (TPSA) is 90.0 Å². The predicted molar refractivity (Wildman–Crippen MR) is 56.6 cm³/mol. The van der Waals surface area contributed by atoms with Crippen molar-refractivity contribution in [2.75, 3.05) is 11.9 Å². The summed E-state index contributed by atoms with van der Waals surface area (Å²) >= 11 is 0. The summed E-state index contributed by atoms with van der Waals surface area (Å²) < 4.78 is 1.52. The number of nitrogens with one attached hydrogen (secondary N) is 1. The number of anilines is 1. The van der Waals surface area contributed by atoms with E-state index in [1.54, 1.807) is 6.20 Å². The molecule has 0 saturated carbocycles. The van der Waals surface area contributed by atoms with Gasteiger partial charge in [-0.15, -0.1) is 0 Å². The third-order valence-electron chi connectivity index (χ3n) is 1.85. The van der Waals surface area contributed by atoms with Crippen LogP contribution in [0.4, 0.5) is 5.82 Å². The Hall–Kier alpha value is -1.85. The molecule has 1 rings (SSSR count). The summed E-state index contributed by atoms with van der Waals surface area (Å²) in [5.41, 5.74) is 4.69. The zero-order valence-corrected chi connectivity index (χ0v) is 8.73. The minimum atomic E-state index is -0.531. The van der Waals surface area contributed by atoms with E-state index in [9.17, 15) is 9.59 Å². The second-order valence-corrected chi connectivity index (χ2v) is 3.40. The average molecular weight is 210 g/mol. The first kappa shape index (κ1) is 11.2. The van der Waals surface area contributed by atoms with Crippen molar-refractivity contribution in [1.29, 1.82) is 0 Å². The highest BCUT2D eigenvalue weighted by Crippen LogP contribution is 2.00. The van der Waals surface area contributed by atoms with Gasteiger partial charge in [0.2, 0.25) is 5.91 Å². The van der Waals surface area contributed by atoms with Gasteiger partial charge in [0.15, 0.2) is 5.82 Å². The van der Waals surface area contributed by atoms with E-state index in [0.29, 0.717) is 0 Å². The SMILES string of the molecule is CC(C)n1ccnc(NCC(N)=O)c1=O. The van der Waals surface area contributed by atoms with Crippen LogP contribution in [0.3, 0.4) is 0 Å². The molecule has 3 N–H and O–H groups in total. The number of hydrogen-bond acceptors (Lipinski definition) is 4. The Balaban J connectivity index is 2.95. The number of hydrogen-bond donors (Lipinski definition) is 2. The van der Waals surface area contributed by atoms with E-state index in [1.165, 1.54) is 10.8 Å². The summed E-state index contributed by atoms with van der Waals surface area (Å²) in [6.45, 7) is 3.68. The lowest BCUT2D eigenvalue weighted by Gasteiger charge is -2.10. The van der Waals surface area contributed by atoms with Crippen LogP contribution in [0.15, 0.2) is 17.2 Å². The maximum absolute atomic E-state index is 11.7. The van der Waals surface area contributed by atoms with Crippen molar-refractivity contribution in [3.8, 4) is 0 Å². The zero-order chi connectivity index (χ0) is 11.4. The standard InChI is InChI=1S/C9H14N4O2/c1-6(2)13-4-3-11-8(9(13)15)12-5-7(10)14/h3-4,6H,5H2,1-2H3,(H2,10,14)(H,11,12). The number of primary amides is 1. The molecule has 15 heavy (non-hydrogen) atoms. The van der Waals surface area contributed by atoms with Crippen molar-refractivity contribution in [2.24, 2.45) is 5.73 Å². The minimum absolute atomic E-state index is 0.0506. The van der Waals surface area contributed by atoms with Gasteiger partial charge in [0, 0.05) is 18.4 Å². The molecule has 82 valence electrons. The largest absolute Gasteiger partial charge is 0.368 e. The number of nitrogens with zero attached hydrogens (tertiary/aromatic N) is 2. The number of nitrogens with two attached hydrogens (primary N) is 1. The number of carbonyl (C=O) groups excluding carboxylic acids is 1. The Morgan fingerprint density at radius 1 is 1.67 bits per heavy atom. The monoisotopic (exact) mass is 210 g/mol. The lowest BCUT2D eigenvalue weighted by Crippen LogP contribution is -2.29. The number of amides is 1. The fraction of sp³-hybridized carbons (Fsp3) is 0.444. The van der Waals surface area contributed by atoms with Crippen molar-refractivity contribution < 1.29 is 4.79 Å². The fourth-order valence-electron chi connectivity index (χ4n) is 1.12. The first-order valence-corrected chi connectivity index (χ1v) is 4.61. The Bertz CT molecular complexity index is 411. The molecule has 0 aliphatic rings. The van der Waals surface area contributed by atoms with Crippen molar-refractivity contribution in [3.63, 3.8) is 0 Å². The molecule has 0 unspecified atom stereocenters. The summed E-state index contributed by atoms with van der Waals surface area (Å²) in [6.07, 6.45) is 3.10. The molecule has 0 saturated heterocycles. The minimum Gasteiger partial charge on any atom is -0.368 e. The number of aromatic nitrogens is 2. The molecule has 6 heteroatoms. The fourth-order valence-corrected chi connectivity index (χ4v) is 1.12. The van der Waals surface area contributed by atoms with E-state index in [0.717, 1.165) is 0 Å². The number of rotatable bonds is 4. The van der Waals surface area contributed by atoms with Gasteiger partial charge >= 0.3 is 0 Å². The quantitative estimate of drug-likeness (QED) is 0.715. The molecule has 1 aromatic rings. The van der Waals surface area contributed by atoms with Crippen LogP contribution in [0.2, 0.25) is 0 Å². The van der Waals surface area contributed by atoms with Crippen LogP contribution in [0.1, 0.15) is 19.9 Å². The molecule has 0 aliphatic carbocycles. The predicted octanol–water partition coefficient (Wildman–Crippen LogP) is -0.279. The van der Waals surface area contributed by atoms with E-state index >= 15 is 0 Å². The van der Waals surface area contributed by atoms with Gasteiger partial charge in [-0.2, -0.15) is 0 Å². The molecule has 0 fully saturated rings. The summed E-state index contributed by atoms with van der Waals surface area (Å²) in [5, 5.41) is 2.59.